The van der Waals surface area contributed by atoms with Crippen LogP contribution in [0.15, 0.2) is 24.1 Å². The van der Waals surface area contributed by atoms with Gasteiger partial charge in [0, 0.05) is 37.4 Å². The van der Waals surface area contributed by atoms with Gasteiger partial charge in [-0.15, -0.1) is 11.3 Å². The Morgan fingerprint density at radius 3 is 2.48 bits per heavy atom. The van der Waals surface area contributed by atoms with E-state index in [0.717, 1.165) is 50.6 Å². The molecular weight excluding hydrogens is 334 g/mol. The van der Waals surface area contributed by atoms with Gasteiger partial charge in [-0.2, -0.15) is 0 Å². The number of thiazole rings is 1. The molecule has 0 saturated carbocycles. The van der Waals surface area contributed by atoms with Gasteiger partial charge < -0.3 is 4.90 Å². The highest BCUT2D eigenvalue weighted by Gasteiger charge is 2.37. The zero-order chi connectivity index (χ0) is 17.2. The number of amides is 1. The first-order valence-corrected chi connectivity index (χ1v) is 9.74. The Balaban J connectivity index is 1.35. The number of aromatic nitrogens is 3. The van der Waals surface area contributed by atoms with Gasteiger partial charge in [-0.25, -0.2) is 15.0 Å². The number of rotatable bonds is 3. The van der Waals surface area contributed by atoms with E-state index >= 15 is 0 Å². The zero-order valence-electron chi connectivity index (χ0n) is 14.5. The molecule has 6 nitrogen and oxygen atoms in total. The summed E-state index contributed by atoms with van der Waals surface area (Å²) >= 11 is 1.72. The van der Waals surface area contributed by atoms with Gasteiger partial charge in [0.25, 0.3) is 5.91 Å². The van der Waals surface area contributed by atoms with Crippen LogP contribution in [-0.4, -0.2) is 56.8 Å². The lowest BCUT2D eigenvalue weighted by Gasteiger charge is -2.21. The van der Waals surface area contributed by atoms with Crippen LogP contribution in [0.2, 0.25) is 0 Å². The van der Waals surface area contributed by atoms with Crippen LogP contribution in [0.25, 0.3) is 0 Å². The summed E-state index contributed by atoms with van der Waals surface area (Å²) in [7, 11) is 0. The van der Waals surface area contributed by atoms with E-state index in [-0.39, 0.29) is 5.91 Å². The lowest BCUT2D eigenvalue weighted by Crippen LogP contribution is -2.31. The third-order valence-electron chi connectivity index (χ3n) is 5.36. The first-order chi connectivity index (χ1) is 12.2. The van der Waals surface area contributed by atoms with Crippen molar-refractivity contribution in [2.75, 3.05) is 26.2 Å². The van der Waals surface area contributed by atoms with Gasteiger partial charge in [0.15, 0.2) is 0 Å². The highest BCUT2D eigenvalue weighted by atomic mass is 32.1. The molecule has 2 aliphatic rings. The van der Waals surface area contributed by atoms with E-state index in [2.05, 4.69) is 32.2 Å². The fraction of sp³-hybridized carbons (Fsp3) is 0.556. The third kappa shape index (κ3) is 3.72. The standard InChI is InChI=1S/C18H23N5OS/c1-13-21-17(11-25-13)10-22-4-2-14-8-23(9-15(14)3-5-22)18(24)16-6-19-12-20-7-16/h6-7,11-12,14-15H,2-5,8-10H2,1H3/t14-,15+. The lowest BCUT2D eigenvalue weighted by atomic mass is 9.92. The van der Waals surface area contributed by atoms with Crippen molar-refractivity contribution in [2.45, 2.75) is 26.3 Å². The molecule has 0 aliphatic carbocycles. The molecule has 132 valence electrons. The van der Waals surface area contributed by atoms with Gasteiger partial charge in [0.2, 0.25) is 0 Å². The van der Waals surface area contributed by atoms with Crippen molar-refractivity contribution in [2.24, 2.45) is 11.8 Å². The number of carbonyl (C=O) groups excluding carboxylic acids is 1. The van der Waals surface area contributed by atoms with Crippen molar-refractivity contribution in [3.8, 4) is 0 Å². The molecule has 1 amide bonds. The minimum absolute atomic E-state index is 0.0727. The van der Waals surface area contributed by atoms with Crippen LogP contribution in [0.1, 0.15) is 33.9 Å². The van der Waals surface area contributed by atoms with Crippen molar-refractivity contribution < 1.29 is 4.79 Å². The van der Waals surface area contributed by atoms with E-state index in [1.165, 1.54) is 12.0 Å². The molecule has 2 atom stereocenters. The largest absolute Gasteiger partial charge is 0.338 e. The Kier molecular flexibility index (Phi) is 4.76. The fourth-order valence-electron chi connectivity index (χ4n) is 4.03. The number of hydrogen-bond donors (Lipinski definition) is 0. The highest BCUT2D eigenvalue weighted by molar-refractivity contribution is 7.09. The molecule has 25 heavy (non-hydrogen) atoms. The second kappa shape index (κ2) is 7.17. The van der Waals surface area contributed by atoms with Crippen LogP contribution in [0.3, 0.4) is 0 Å². The highest BCUT2D eigenvalue weighted by Crippen LogP contribution is 2.32. The van der Waals surface area contributed by atoms with E-state index in [9.17, 15) is 4.79 Å². The summed E-state index contributed by atoms with van der Waals surface area (Å²) in [5.74, 6) is 1.29. The molecule has 0 spiro atoms. The first kappa shape index (κ1) is 16.6. The monoisotopic (exact) mass is 357 g/mol. The molecule has 7 heteroatoms. The maximum Gasteiger partial charge on any atom is 0.257 e. The average Bonchev–Trinajstić information content (AvgIpc) is 3.18. The fourth-order valence-corrected chi connectivity index (χ4v) is 4.63. The number of hydrogen-bond acceptors (Lipinski definition) is 6. The Hall–Kier alpha value is -1.86. The summed E-state index contributed by atoms with van der Waals surface area (Å²) in [6.07, 6.45) is 7.00. The Morgan fingerprint density at radius 1 is 1.20 bits per heavy atom. The normalized spacial score (nSPS) is 24.1. The van der Waals surface area contributed by atoms with Crippen LogP contribution in [-0.2, 0) is 6.54 Å². The average molecular weight is 357 g/mol. The molecule has 2 saturated heterocycles. The van der Waals surface area contributed by atoms with Gasteiger partial charge >= 0.3 is 0 Å². The quantitative estimate of drug-likeness (QED) is 0.843. The molecule has 2 aliphatic heterocycles. The molecule has 4 rings (SSSR count). The van der Waals surface area contributed by atoms with Crippen molar-refractivity contribution >= 4 is 17.2 Å². The maximum atomic E-state index is 12.6. The van der Waals surface area contributed by atoms with E-state index in [1.807, 2.05) is 4.90 Å². The van der Waals surface area contributed by atoms with Crippen LogP contribution >= 0.6 is 11.3 Å². The predicted molar refractivity (Wildman–Crippen MR) is 96.3 cm³/mol. The molecule has 2 aromatic heterocycles. The molecule has 0 N–H and O–H groups in total. The Morgan fingerprint density at radius 2 is 1.88 bits per heavy atom. The van der Waals surface area contributed by atoms with Crippen LogP contribution in [0, 0.1) is 18.8 Å². The molecule has 2 fully saturated rings. The second-order valence-electron chi connectivity index (χ2n) is 7.07. The summed E-state index contributed by atoms with van der Waals surface area (Å²) in [5.41, 5.74) is 1.79. The van der Waals surface area contributed by atoms with E-state index in [4.69, 9.17) is 0 Å². The molecule has 0 radical (unpaired) electrons. The van der Waals surface area contributed by atoms with E-state index in [0.29, 0.717) is 17.4 Å². The van der Waals surface area contributed by atoms with Crippen molar-refractivity contribution in [1.29, 1.82) is 0 Å². The molecule has 0 bridgehead atoms. The van der Waals surface area contributed by atoms with Crippen LogP contribution in [0.4, 0.5) is 0 Å². The smallest absolute Gasteiger partial charge is 0.257 e. The summed E-state index contributed by atoms with van der Waals surface area (Å²) < 4.78 is 0. The topological polar surface area (TPSA) is 62.2 Å². The van der Waals surface area contributed by atoms with Crippen LogP contribution in [0.5, 0.6) is 0 Å². The van der Waals surface area contributed by atoms with Gasteiger partial charge in [0.1, 0.15) is 6.33 Å². The number of nitrogens with zero attached hydrogens (tertiary/aromatic N) is 5. The number of aryl methyl sites for hydroxylation is 1. The SMILES string of the molecule is Cc1nc(CN2CC[C@@H]3CN(C(=O)c4cncnc4)C[C@@H]3CC2)cs1. The predicted octanol–water partition coefficient (Wildman–Crippen LogP) is 2.23. The van der Waals surface area contributed by atoms with E-state index < -0.39 is 0 Å². The minimum Gasteiger partial charge on any atom is -0.338 e. The summed E-state index contributed by atoms with van der Waals surface area (Å²) in [6, 6.07) is 0. The molecule has 0 aromatic carbocycles. The third-order valence-corrected chi connectivity index (χ3v) is 6.18. The molecular formula is C18H23N5OS. The van der Waals surface area contributed by atoms with Crippen molar-refractivity contribution in [3.05, 3.63) is 40.4 Å². The van der Waals surface area contributed by atoms with Gasteiger partial charge in [-0.3, -0.25) is 9.69 Å². The summed E-state index contributed by atoms with van der Waals surface area (Å²) in [5, 5.41) is 3.31. The molecule has 2 aromatic rings. The van der Waals surface area contributed by atoms with Crippen LogP contribution < -0.4 is 0 Å². The Labute approximate surface area is 151 Å². The van der Waals surface area contributed by atoms with E-state index in [1.54, 1.807) is 23.7 Å². The summed E-state index contributed by atoms with van der Waals surface area (Å²) in [6.45, 7) is 6.92. The van der Waals surface area contributed by atoms with Crippen molar-refractivity contribution in [1.82, 2.24) is 24.8 Å². The van der Waals surface area contributed by atoms with Gasteiger partial charge in [-0.1, -0.05) is 0 Å². The maximum absolute atomic E-state index is 12.6. The zero-order valence-corrected chi connectivity index (χ0v) is 15.3. The Bertz CT molecular complexity index is 718. The van der Waals surface area contributed by atoms with Gasteiger partial charge in [-0.05, 0) is 44.7 Å². The first-order valence-electron chi connectivity index (χ1n) is 8.86. The molecule has 4 heterocycles. The number of fused-ring (bicyclic) bond motifs is 1. The molecule has 0 unspecified atom stereocenters. The van der Waals surface area contributed by atoms with Crippen molar-refractivity contribution in [3.63, 3.8) is 0 Å². The van der Waals surface area contributed by atoms with Gasteiger partial charge in [0.05, 0.1) is 16.3 Å². The summed E-state index contributed by atoms with van der Waals surface area (Å²) in [4.78, 5) is 29.6. The number of likely N-dealkylation sites (tertiary alicyclic amines) is 2. The lowest BCUT2D eigenvalue weighted by molar-refractivity contribution is 0.0779. The second-order valence-corrected chi connectivity index (χ2v) is 8.13. The minimum atomic E-state index is 0.0727. The number of carbonyl (C=O) groups is 1.